The summed E-state index contributed by atoms with van der Waals surface area (Å²) in [5, 5.41) is 14.2. The van der Waals surface area contributed by atoms with E-state index in [9.17, 15) is 4.79 Å². The molecule has 136 valence electrons. The molecule has 0 saturated heterocycles. The van der Waals surface area contributed by atoms with Crippen LogP contribution in [-0.4, -0.2) is 32.0 Å². The van der Waals surface area contributed by atoms with E-state index >= 15 is 0 Å². The standard InChI is InChI=1S/C20H19N5OS/c1-11-5-6-17(12(2)7-11)24-13(3)8-15(14(24)4)9-16-18(21)25-20(23-19(16)26)27-10-22-25/h5-10,21H,1-4H3/b16-9-,21-18?. The molecule has 0 atom stereocenters. The molecule has 1 aromatic heterocycles. The molecule has 27 heavy (non-hydrogen) atoms. The molecule has 2 aliphatic heterocycles. The van der Waals surface area contributed by atoms with E-state index in [1.807, 2.05) is 19.9 Å². The van der Waals surface area contributed by atoms with Gasteiger partial charge < -0.3 is 4.57 Å². The van der Waals surface area contributed by atoms with Crippen LogP contribution in [0.3, 0.4) is 0 Å². The third kappa shape index (κ3) is 2.84. The molecule has 6 nitrogen and oxygen atoms in total. The molecule has 1 aromatic carbocycles. The number of amidine groups is 2. The number of carbonyl (C=O) groups is 1. The monoisotopic (exact) mass is 377 g/mol. The summed E-state index contributed by atoms with van der Waals surface area (Å²) in [6.07, 6.45) is 1.74. The largest absolute Gasteiger partial charge is 0.318 e. The van der Waals surface area contributed by atoms with Gasteiger partial charge >= 0.3 is 0 Å². The molecule has 0 saturated carbocycles. The number of carbonyl (C=O) groups excluding carboxylic acids is 1. The molecule has 0 unspecified atom stereocenters. The lowest BCUT2D eigenvalue weighted by molar-refractivity contribution is -0.114. The number of amides is 1. The van der Waals surface area contributed by atoms with Gasteiger partial charge in [0.25, 0.3) is 5.91 Å². The van der Waals surface area contributed by atoms with Crippen molar-refractivity contribution >= 4 is 40.3 Å². The molecule has 1 N–H and O–H groups in total. The number of aliphatic imine (C=N–C) groups is 1. The topological polar surface area (TPSA) is 73.8 Å². The zero-order valence-corrected chi connectivity index (χ0v) is 16.4. The Bertz CT molecular complexity index is 1090. The van der Waals surface area contributed by atoms with Crippen LogP contribution in [0.5, 0.6) is 0 Å². The van der Waals surface area contributed by atoms with Gasteiger partial charge in [-0.2, -0.15) is 15.1 Å². The fourth-order valence-corrected chi connectivity index (χ4v) is 4.06. The van der Waals surface area contributed by atoms with Gasteiger partial charge in [0.05, 0.1) is 11.1 Å². The lowest BCUT2D eigenvalue weighted by Gasteiger charge is -2.20. The highest BCUT2D eigenvalue weighted by atomic mass is 32.2. The third-order valence-electron chi connectivity index (χ3n) is 4.76. The lowest BCUT2D eigenvalue weighted by Crippen LogP contribution is -2.35. The van der Waals surface area contributed by atoms with Gasteiger partial charge in [-0.15, -0.1) is 0 Å². The summed E-state index contributed by atoms with van der Waals surface area (Å²) in [6.45, 7) is 8.24. The molecular weight excluding hydrogens is 358 g/mol. The van der Waals surface area contributed by atoms with Gasteiger partial charge in [-0.3, -0.25) is 10.2 Å². The van der Waals surface area contributed by atoms with Crippen LogP contribution in [0, 0.1) is 33.1 Å². The van der Waals surface area contributed by atoms with Gasteiger partial charge in [-0.05, 0) is 68.8 Å². The smallest absolute Gasteiger partial charge is 0.283 e. The number of thioether (sulfide) groups is 1. The molecule has 0 spiro atoms. The van der Waals surface area contributed by atoms with Crippen molar-refractivity contribution in [2.24, 2.45) is 10.1 Å². The van der Waals surface area contributed by atoms with Crippen LogP contribution in [0.4, 0.5) is 0 Å². The second kappa shape index (κ2) is 6.35. The Kier molecular flexibility index (Phi) is 4.11. The normalized spacial score (nSPS) is 17.7. The van der Waals surface area contributed by atoms with Crippen molar-refractivity contribution in [3.63, 3.8) is 0 Å². The van der Waals surface area contributed by atoms with E-state index in [0.717, 1.165) is 22.6 Å². The van der Waals surface area contributed by atoms with E-state index in [2.05, 4.69) is 46.7 Å². The predicted octanol–water partition coefficient (Wildman–Crippen LogP) is 3.96. The molecule has 0 aliphatic carbocycles. The average molecular weight is 377 g/mol. The summed E-state index contributed by atoms with van der Waals surface area (Å²) >= 11 is 1.24. The fraction of sp³-hybridized carbons (Fsp3) is 0.200. The number of hydrogen-bond donors (Lipinski definition) is 1. The van der Waals surface area contributed by atoms with Crippen molar-refractivity contribution < 1.29 is 4.79 Å². The van der Waals surface area contributed by atoms with Crippen LogP contribution < -0.4 is 0 Å². The minimum Gasteiger partial charge on any atom is -0.318 e. The second-order valence-corrected chi connectivity index (χ2v) is 7.52. The predicted molar refractivity (Wildman–Crippen MR) is 111 cm³/mol. The van der Waals surface area contributed by atoms with Crippen molar-refractivity contribution in [3.05, 3.63) is 57.9 Å². The first kappa shape index (κ1) is 17.5. The molecular formula is C20H19N5OS. The number of aromatic nitrogens is 1. The van der Waals surface area contributed by atoms with Gasteiger partial charge in [-0.1, -0.05) is 17.7 Å². The highest BCUT2D eigenvalue weighted by Gasteiger charge is 2.32. The first-order valence-electron chi connectivity index (χ1n) is 8.56. The minimum absolute atomic E-state index is 0.0579. The van der Waals surface area contributed by atoms with Crippen LogP contribution in [0.15, 0.2) is 39.9 Å². The van der Waals surface area contributed by atoms with E-state index < -0.39 is 5.91 Å². The number of nitrogens with one attached hydrogen (secondary N) is 1. The molecule has 0 radical (unpaired) electrons. The highest BCUT2D eigenvalue weighted by molar-refractivity contribution is 8.25. The first-order chi connectivity index (χ1) is 12.9. The average Bonchev–Trinajstić information content (AvgIpc) is 3.17. The van der Waals surface area contributed by atoms with Crippen LogP contribution in [0.1, 0.15) is 28.1 Å². The van der Waals surface area contributed by atoms with Crippen molar-refractivity contribution in [2.75, 3.05) is 0 Å². The fourth-order valence-electron chi connectivity index (χ4n) is 3.45. The summed E-state index contributed by atoms with van der Waals surface area (Å²) < 4.78 is 2.18. The van der Waals surface area contributed by atoms with E-state index in [4.69, 9.17) is 5.41 Å². The molecule has 0 fully saturated rings. The summed E-state index contributed by atoms with van der Waals surface area (Å²) in [5.41, 5.74) is 8.34. The Morgan fingerprint density at radius 1 is 1.15 bits per heavy atom. The number of fused-ring (bicyclic) bond motifs is 1. The Morgan fingerprint density at radius 3 is 2.67 bits per heavy atom. The second-order valence-electron chi connectivity index (χ2n) is 6.71. The zero-order valence-electron chi connectivity index (χ0n) is 15.6. The maximum atomic E-state index is 12.4. The zero-order chi connectivity index (χ0) is 19.3. The molecule has 0 bridgehead atoms. The van der Waals surface area contributed by atoms with Crippen molar-refractivity contribution in [1.29, 1.82) is 5.41 Å². The summed E-state index contributed by atoms with van der Waals surface area (Å²) in [5.74, 6) is -0.344. The van der Waals surface area contributed by atoms with Crippen molar-refractivity contribution in [2.45, 2.75) is 27.7 Å². The Labute approximate surface area is 161 Å². The van der Waals surface area contributed by atoms with Crippen LogP contribution in [-0.2, 0) is 4.79 Å². The van der Waals surface area contributed by atoms with Crippen LogP contribution in [0.25, 0.3) is 11.8 Å². The molecule has 7 heteroatoms. The van der Waals surface area contributed by atoms with Gasteiger partial charge in [0.1, 0.15) is 0 Å². The Hall–Kier alpha value is -2.93. The maximum absolute atomic E-state index is 12.4. The van der Waals surface area contributed by atoms with Crippen molar-refractivity contribution in [1.82, 2.24) is 9.58 Å². The van der Waals surface area contributed by atoms with E-state index in [1.54, 1.807) is 11.6 Å². The molecule has 4 rings (SSSR count). The van der Waals surface area contributed by atoms with Gasteiger partial charge in [0.2, 0.25) is 0 Å². The quantitative estimate of drug-likeness (QED) is 0.805. The van der Waals surface area contributed by atoms with E-state index in [-0.39, 0.29) is 11.4 Å². The summed E-state index contributed by atoms with van der Waals surface area (Å²) in [4.78, 5) is 16.5. The highest BCUT2D eigenvalue weighted by Crippen LogP contribution is 2.28. The number of hydrazone groups is 1. The third-order valence-corrected chi connectivity index (χ3v) is 5.43. The number of nitrogens with zero attached hydrogens (tertiary/aromatic N) is 4. The number of aryl methyl sites for hydroxylation is 3. The van der Waals surface area contributed by atoms with Gasteiger partial charge in [0.15, 0.2) is 11.0 Å². The van der Waals surface area contributed by atoms with Gasteiger partial charge in [0, 0.05) is 17.1 Å². The molecule has 2 aromatic rings. The Morgan fingerprint density at radius 2 is 1.93 bits per heavy atom. The minimum atomic E-state index is -0.402. The number of benzene rings is 1. The summed E-state index contributed by atoms with van der Waals surface area (Å²) in [6, 6.07) is 8.40. The molecule has 2 aliphatic rings. The lowest BCUT2D eigenvalue weighted by atomic mass is 10.1. The first-order valence-corrected chi connectivity index (χ1v) is 9.44. The SMILES string of the molecule is Cc1ccc(-n2c(C)cc(/C=C3/C(=N)N4N=CSC4=NC3=O)c2C)c(C)c1. The maximum Gasteiger partial charge on any atom is 0.283 e. The van der Waals surface area contributed by atoms with Crippen LogP contribution >= 0.6 is 11.8 Å². The Balaban J connectivity index is 1.80. The van der Waals surface area contributed by atoms with E-state index in [1.165, 1.54) is 27.9 Å². The van der Waals surface area contributed by atoms with Gasteiger partial charge in [-0.25, -0.2) is 0 Å². The van der Waals surface area contributed by atoms with Crippen molar-refractivity contribution in [3.8, 4) is 5.69 Å². The van der Waals surface area contributed by atoms with Crippen LogP contribution in [0.2, 0.25) is 0 Å². The number of rotatable bonds is 2. The molecule has 3 heterocycles. The van der Waals surface area contributed by atoms with E-state index in [0.29, 0.717) is 5.17 Å². The molecule has 1 amide bonds. The number of hydrogen-bond acceptors (Lipinski definition) is 4. The summed E-state index contributed by atoms with van der Waals surface area (Å²) in [7, 11) is 0.